The van der Waals surface area contributed by atoms with E-state index in [0.717, 1.165) is 25.3 Å². The largest absolute Gasteiger partial charge is 0.462 e. The van der Waals surface area contributed by atoms with E-state index in [4.69, 9.17) is 9.47 Å². The van der Waals surface area contributed by atoms with Crippen LogP contribution in [0.15, 0.2) is 0 Å². The predicted molar refractivity (Wildman–Crippen MR) is 67.6 cm³/mol. The number of nitrogens with one attached hydrogen (secondary N) is 1. The molecule has 4 bridgehead atoms. The number of carbonyl (C=O) groups excluding carboxylic acids is 2. The molecule has 6 aliphatic rings. The molecule has 0 aromatic heterocycles. The lowest BCUT2D eigenvalue weighted by atomic mass is 9.44. The molecular formula is C15H19NO4. The minimum absolute atomic E-state index is 0.00477. The van der Waals surface area contributed by atoms with Gasteiger partial charge in [0.2, 0.25) is 5.91 Å². The molecular weight excluding hydrogens is 258 g/mol. The van der Waals surface area contributed by atoms with E-state index >= 15 is 0 Å². The Kier molecular flexibility index (Phi) is 1.95. The SMILES string of the molecule is O=C(NCC12CC(C1)C2)[C@H]1[C@H]2C(=O)OC[C@]23CC[C@H]1O3. The topological polar surface area (TPSA) is 64.6 Å². The minimum atomic E-state index is -0.486. The number of cyclic esters (lactones) is 1. The maximum atomic E-state index is 12.5. The Labute approximate surface area is 117 Å². The van der Waals surface area contributed by atoms with Crippen molar-refractivity contribution >= 4 is 11.9 Å². The van der Waals surface area contributed by atoms with Gasteiger partial charge >= 0.3 is 5.97 Å². The number of amides is 1. The van der Waals surface area contributed by atoms with E-state index in [1.165, 1.54) is 19.3 Å². The lowest BCUT2D eigenvalue weighted by Gasteiger charge is -2.62. The van der Waals surface area contributed by atoms with Crippen molar-refractivity contribution in [1.29, 1.82) is 0 Å². The average Bonchev–Trinajstić information content (AvgIpc) is 2.96. The predicted octanol–water partition coefficient (Wildman–Crippen LogP) is 0.623. The van der Waals surface area contributed by atoms with Crippen molar-refractivity contribution in [2.24, 2.45) is 23.2 Å². The number of fused-ring (bicyclic) bond motifs is 1. The maximum Gasteiger partial charge on any atom is 0.313 e. The van der Waals surface area contributed by atoms with Crippen LogP contribution in [0.5, 0.6) is 0 Å². The fourth-order valence-electron chi connectivity index (χ4n) is 5.26. The van der Waals surface area contributed by atoms with Crippen molar-refractivity contribution in [2.75, 3.05) is 13.2 Å². The highest BCUT2D eigenvalue weighted by molar-refractivity contribution is 5.89. The van der Waals surface area contributed by atoms with Crippen molar-refractivity contribution in [3.63, 3.8) is 0 Å². The van der Waals surface area contributed by atoms with Gasteiger partial charge in [-0.15, -0.1) is 0 Å². The summed E-state index contributed by atoms with van der Waals surface area (Å²) in [5, 5.41) is 3.09. The Morgan fingerprint density at radius 3 is 2.85 bits per heavy atom. The Bertz CT molecular complexity index is 501. The van der Waals surface area contributed by atoms with E-state index in [2.05, 4.69) is 5.32 Å². The molecule has 1 amide bonds. The zero-order chi connectivity index (χ0) is 13.5. The molecule has 0 unspecified atom stereocenters. The van der Waals surface area contributed by atoms with E-state index in [-0.39, 0.29) is 29.8 Å². The van der Waals surface area contributed by atoms with E-state index < -0.39 is 5.60 Å². The first-order valence-electron chi connectivity index (χ1n) is 7.73. The van der Waals surface area contributed by atoms with Gasteiger partial charge in [0.1, 0.15) is 18.1 Å². The van der Waals surface area contributed by atoms with Crippen LogP contribution in [-0.2, 0) is 19.1 Å². The third-order valence-electron chi connectivity index (χ3n) is 6.38. The minimum Gasteiger partial charge on any atom is -0.462 e. The summed E-state index contributed by atoms with van der Waals surface area (Å²) < 4.78 is 11.1. The summed E-state index contributed by atoms with van der Waals surface area (Å²) in [4.78, 5) is 24.5. The smallest absolute Gasteiger partial charge is 0.313 e. The molecule has 3 heterocycles. The van der Waals surface area contributed by atoms with Gasteiger partial charge in [-0.25, -0.2) is 0 Å². The molecule has 1 N–H and O–H groups in total. The molecule has 6 fully saturated rings. The molecule has 108 valence electrons. The van der Waals surface area contributed by atoms with E-state index in [0.29, 0.717) is 12.0 Å². The molecule has 0 radical (unpaired) electrons. The normalized spacial score (nSPS) is 53.9. The molecule has 20 heavy (non-hydrogen) atoms. The number of ether oxygens (including phenoxy) is 2. The lowest BCUT2D eigenvalue weighted by Crippen LogP contribution is -2.58. The van der Waals surface area contributed by atoms with Crippen LogP contribution in [0.2, 0.25) is 0 Å². The first-order chi connectivity index (χ1) is 9.61. The molecule has 4 atom stereocenters. The van der Waals surface area contributed by atoms with Gasteiger partial charge in [0.25, 0.3) is 0 Å². The highest BCUT2D eigenvalue weighted by atomic mass is 16.6. The summed E-state index contributed by atoms with van der Waals surface area (Å²) in [6.45, 7) is 1.11. The molecule has 3 aliphatic carbocycles. The van der Waals surface area contributed by atoms with Crippen LogP contribution in [0.1, 0.15) is 32.1 Å². The summed E-state index contributed by atoms with van der Waals surface area (Å²) in [6, 6.07) is 0. The van der Waals surface area contributed by atoms with Crippen LogP contribution in [0.3, 0.4) is 0 Å². The number of carbonyl (C=O) groups is 2. The molecule has 1 spiro atoms. The molecule has 5 nitrogen and oxygen atoms in total. The highest BCUT2D eigenvalue weighted by Crippen LogP contribution is 2.64. The number of rotatable bonds is 3. The number of hydrogen-bond donors (Lipinski definition) is 1. The van der Waals surface area contributed by atoms with Gasteiger partial charge in [-0.05, 0) is 43.4 Å². The van der Waals surface area contributed by atoms with Gasteiger partial charge in [0.15, 0.2) is 0 Å². The first kappa shape index (κ1) is 11.5. The Morgan fingerprint density at radius 2 is 2.15 bits per heavy atom. The fourth-order valence-corrected chi connectivity index (χ4v) is 5.26. The molecule has 0 aromatic rings. The fraction of sp³-hybridized carbons (Fsp3) is 0.867. The summed E-state index contributed by atoms with van der Waals surface area (Å²) in [7, 11) is 0. The van der Waals surface area contributed by atoms with Crippen molar-refractivity contribution in [3.8, 4) is 0 Å². The Morgan fingerprint density at radius 1 is 1.35 bits per heavy atom. The van der Waals surface area contributed by atoms with Crippen LogP contribution in [0.4, 0.5) is 0 Å². The molecule has 3 aliphatic heterocycles. The van der Waals surface area contributed by atoms with E-state index in [1.807, 2.05) is 0 Å². The van der Waals surface area contributed by atoms with Gasteiger partial charge in [0.05, 0.1) is 12.0 Å². The zero-order valence-corrected chi connectivity index (χ0v) is 11.4. The third-order valence-corrected chi connectivity index (χ3v) is 6.38. The van der Waals surface area contributed by atoms with Crippen LogP contribution < -0.4 is 5.32 Å². The van der Waals surface area contributed by atoms with Crippen LogP contribution >= 0.6 is 0 Å². The molecule has 3 saturated carbocycles. The zero-order valence-electron chi connectivity index (χ0n) is 11.4. The first-order valence-corrected chi connectivity index (χ1v) is 7.73. The maximum absolute atomic E-state index is 12.5. The third kappa shape index (κ3) is 1.23. The summed E-state index contributed by atoms with van der Waals surface area (Å²) >= 11 is 0. The molecule has 0 aromatic carbocycles. The van der Waals surface area contributed by atoms with Crippen LogP contribution in [0, 0.1) is 23.2 Å². The monoisotopic (exact) mass is 277 g/mol. The van der Waals surface area contributed by atoms with Gasteiger partial charge in [0, 0.05) is 6.54 Å². The second-order valence-electron chi connectivity index (χ2n) is 7.57. The molecule has 6 rings (SSSR count). The van der Waals surface area contributed by atoms with Crippen molar-refractivity contribution < 1.29 is 19.1 Å². The summed E-state index contributed by atoms with van der Waals surface area (Å²) in [6.07, 6.45) is 5.45. The Balaban J connectivity index is 1.32. The van der Waals surface area contributed by atoms with Crippen molar-refractivity contribution in [2.45, 2.75) is 43.8 Å². The standard InChI is InChI=1S/C15H19NO4/c17-12(16-6-14-3-8(4-14)5-14)10-9-1-2-15(20-9)7-19-13(18)11(10)15/h8-11H,1-7H2,(H,16,17)/t8?,9-,10-,11+,14?,15-/m1/s1. The average molecular weight is 277 g/mol. The summed E-state index contributed by atoms with van der Waals surface area (Å²) in [5.41, 5.74) is -0.0905. The van der Waals surface area contributed by atoms with Gasteiger partial charge in [-0.2, -0.15) is 0 Å². The quantitative estimate of drug-likeness (QED) is 0.768. The van der Waals surface area contributed by atoms with Crippen molar-refractivity contribution in [1.82, 2.24) is 5.32 Å². The van der Waals surface area contributed by atoms with Crippen molar-refractivity contribution in [3.05, 3.63) is 0 Å². The van der Waals surface area contributed by atoms with E-state index in [1.54, 1.807) is 0 Å². The van der Waals surface area contributed by atoms with Gasteiger partial charge in [-0.3, -0.25) is 9.59 Å². The second kappa shape index (κ2) is 3.38. The van der Waals surface area contributed by atoms with E-state index in [9.17, 15) is 9.59 Å². The molecule has 3 saturated heterocycles. The highest BCUT2D eigenvalue weighted by Gasteiger charge is 2.68. The second-order valence-corrected chi connectivity index (χ2v) is 7.57. The summed E-state index contributed by atoms with van der Waals surface area (Å²) in [5.74, 6) is -0.00537. The van der Waals surface area contributed by atoms with Crippen LogP contribution in [-0.4, -0.2) is 36.7 Å². The van der Waals surface area contributed by atoms with Gasteiger partial charge < -0.3 is 14.8 Å². The number of esters is 1. The lowest BCUT2D eigenvalue weighted by molar-refractivity contribution is -0.147. The molecule has 5 heteroatoms. The number of hydrogen-bond acceptors (Lipinski definition) is 4. The van der Waals surface area contributed by atoms with Gasteiger partial charge in [-0.1, -0.05) is 0 Å². The van der Waals surface area contributed by atoms with Crippen LogP contribution in [0.25, 0.3) is 0 Å². The Hall–Kier alpha value is -1.10.